The second-order valence-corrected chi connectivity index (χ2v) is 4.12. The van der Waals surface area contributed by atoms with Crippen molar-refractivity contribution in [2.24, 2.45) is 0 Å². The third-order valence-electron chi connectivity index (χ3n) is 2.41. The summed E-state index contributed by atoms with van der Waals surface area (Å²) >= 11 is 4.25. The lowest BCUT2D eigenvalue weighted by molar-refractivity contribution is 1.44. The summed E-state index contributed by atoms with van der Waals surface area (Å²) in [6.07, 6.45) is 0. The molecule has 0 amide bonds. The van der Waals surface area contributed by atoms with Gasteiger partial charge in [0.1, 0.15) is 0 Å². The molecule has 0 saturated heterocycles. The van der Waals surface area contributed by atoms with Gasteiger partial charge in [-0.15, -0.1) is 12.6 Å². The molecule has 2 rings (SSSR count). The normalized spacial score (nSPS) is 10.3. The highest BCUT2D eigenvalue weighted by atomic mass is 32.1. The molecule has 2 N–H and O–H groups in total. The van der Waals surface area contributed by atoms with Crippen LogP contribution in [0.1, 0.15) is 5.56 Å². The predicted molar refractivity (Wildman–Crippen MR) is 68.3 cm³/mol. The first-order valence-electron chi connectivity index (χ1n) is 4.82. The summed E-state index contributed by atoms with van der Waals surface area (Å²) in [6, 6.07) is 14.3. The minimum Gasteiger partial charge on any atom is -0.398 e. The molecule has 0 saturated carbocycles. The molecule has 0 heterocycles. The number of nitrogen functional groups attached to an aromatic ring is 1. The smallest absolute Gasteiger partial charge is 0.0455 e. The zero-order valence-corrected chi connectivity index (χ0v) is 9.46. The first-order chi connectivity index (χ1) is 7.16. The SMILES string of the molecule is Cc1ccc(-c2ccc(S)c(N)c2)cc1. The van der Waals surface area contributed by atoms with E-state index in [1.54, 1.807) is 0 Å². The second-order valence-electron chi connectivity index (χ2n) is 3.64. The highest BCUT2D eigenvalue weighted by Crippen LogP contribution is 2.25. The van der Waals surface area contributed by atoms with Gasteiger partial charge in [-0.05, 0) is 30.2 Å². The van der Waals surface area contributed by atoms with Crippen molar-refractivity contribution in [3.8, 4) is 11.1 Å². The summed E-state index contributed by atoms with van der Waals surface area (Å²) in [5, 5.41) is 0. The van der Waals surface area contributed by atoms with Gasteiger partial charge < -0.3 is 5.73 Å². The van der Waals surface area contributed by atoms with Crippen molar-refractivity contribution in [3.05, 3.63) is 48.0 Å². The maximum Gasteiger partial charge on any atom is 0.0455 e. The molecule has 2 heteroatoms. The van der Waals surface area contributed by atoms with E-state index in [4.69, 9.17) is 5.73 Å². The van der Waals surface area contributed by atoms with Crippen LogP contribution in [0.2, 0.25) is 0 Å². The molecule has 0 aromatic heterocycles. The summed E-state index contributed by atoms with van der Waals surface area (Å²) in [6.45, 7) is 2.08. The maximum atomic E-state index is 5.81. The molecule has 15 heavy (non-hydrogen) atoms. The van der Waals surface area contributed by atoms with Gasteiger partial charge in [0.15, 0.2) is 0 Å². The van der Waals surface area contributed by atoms with E-state index >= 15 is 0 Å². The van der Waals surface area contributed by atoms with Gasteiger partial charge in [0.05, 0.1) is 0 Å². The van der Waals surface area contributed by atoms with E-state index in [1.807, 2.05) is 18.2 Å². The van der Waals surface area contributed by atoms with Crippen LogP contribution in [-0.4, -0.2) is 0 Å². The van der Waals surface area contributed by atoms with Crippen molar-refractivity contribution in [1.82, 2.24) is 0 Å². The van der Waals surface area contributed by atoms with Crippen LogP contribution in [0.5, 0.6) is 0 Å². The van der Waals surface area contributed by atoms with E-state index < -0.39 is 0 Å². The third-order valence-corrected chi connectivity index (χ3v) is 2.82. The number of anilines is 1. The zero-order valence-electron chi connectivity index (χ0n) is 8.57. The minimum absolute atomic E-state index is 0.719. The second kappa shape index (κ2) is 3.99. The van der Waals surface area contributed by atoms with Crippen LogP contribution in [0.4, 0.5) is 5.69 Å². The average Bonchev–Trinajstić information content (AvgIpc) is 2.23. The fourth-order valence-electron chi connectivity index (χ4n) is 1.48. The van der Waals surface area contributed by atoms with Crippen molar-refractivity contribution in [2.75, 3.05) is 5.73 Å². The Morgan fingerprint density at radius 2 is 1.53 bits per heavy atom. The molecule has 2 aromatic carbocycles. The molecule has 0 spiro atoms. The highest BCUT2D eigenvalue weighted by molar-refractivity contribution is 7.80. The molecule has 0 aliphatic rings. The lowest BCUT2D eigenvalue weighted by Crippen LogP contribution is -1.87. The molecular weight excluding hydrogens is 202 g/mol. The molecule has 0 unspecified atom stereocenters. The van der Waals surface area contributed by atoms with Crippen molar-refractivity contribution in [1.29, 1.82) is 0 Å². The minimum atomic E-state index is 0.719. The van der Waals surface area contributed by atoms with Crippen molar-refractivity contribution < 1.29 is 0 Å². The fourth-order valence-corrected chi connectivity index (χ4v) is 1.62. The number of rotatable bonds is 1. The van der Waals surface area contributed by atoms with Crippen LogP contribution in [-0.2, 0) is 0 Å². The standard InChI is InChI=1S/C13H13NS/c1-9-2-4-10(5-3-9)11-6-7-13(15)12(14)8-11/h2-8,15H,14H2,1H3. The van der Waals surface area contributed by atoms with Gasteiger partial charge in [-0.25, -0.2) is 0 Å². The largest absolute Gasteiger partial charge is 0.398 e. The van der Waals surface area contributed by atoms with Crippen LogP contribution in [0.25, 0.3) is 11.1 Å². The number of benzene rings is 2. The molecule has 0 radical (unpaired) electrons. The molecule has 0 aliphatic carbocycles. The van der Waals surface area contributed by atoms with Gasteiger partial charge in [0.2, 0.25) is 0 Å². The van der Waals surface area contributed by atoms with Crippen molar-refractivity contribution >= 4 is 18.3 Å². The molecule has 2 aromatic rings. The van der Waals surface area contributed by atoms with Crippen LogP contribution in [0, 0.1) is 6.92 Å². The summed E-state index contributed by atoms with van der Waals surface area (Å²) in [4.78, 5) is 0.825. The summed E-state index contributed by atoms with van der Waals surface area (Å²) < 4.78 is 0. The van der Waals surface area contributed by atoms with E-state index in [0.717, 1.165) is 16.1 Å². The summed E-state index contributed by atoms with van der Waals surface area (Å²) in [5.41, 5.74) is 10.1. The number of thiol groups is 1. The first-order valence-corrected chi connectivity index (χ1v) is 5.27. The topological polar surface area (TPSA) is 26.0 Å². The number of hydrogen-bond donors (Lipinski definition) is 2. The Labute approximate surface area is 95.3 Å². The average molecular weight is 215 g/mol. The monoisotopic (exact) mass is 215 g/mol. The molecule has 0 aliphatic heterocycles. The number of aryl methyl sites for hydroxylation is 1. The quantitative estimate of drug-likeness (QED) is 0.552. The highest BCUT2D eigenvalue weighted by Gasteiger charge is 1.99. The van der Waals surface area contributed by atoms with Gasteiger partial charge in [0.25, 0.3) is 0 Å². The molecule has 0 fully saturated rings. The Morgan fingerprint density at radius 3 is 2.13 bits per heavy atom. The maximum absolute atomic E-state index is 5.81. The summed E-state index contributed by atoms with van der Waals surface area (Å²) in [5.74, 6) is 0. The molecule has 0 bridgehead atoms. The summed E-state index contributed by atoms with van der Waals surface area (Å²) in [7, 11) is 0. The Kier molecular flexibility index (Phi) is 2.69. The molecular formula is C13H13NS. The van der Waals surface area contributed by atoms with Gasteiger partial charge in [-0.3, -0.25) is 0 Å². The predicted octanol–water partition coefficient (Wildman–Crippen LogP) is 3.53. The van der Waals surface area contributed by atoms with Crippen LogP contribution >= 0.6 is 12.6 Å². The van der Waals surface area contributed by atoms with Crippen LogP contribution in [0.15, 0.2) is 47.4 Å². The molecule has 0 atom stereocenters. The number of nitrogens with two attached hydrogens (primary N) is 1. The Morgan fingerprint density at radius 1 is 0.933 bits per heavy atom. The Balaban J connectivity index is 2.45. The van der Waals surface area contributed by atoms with E-state index in [0.29, 0.717) is 0 Å². The van der Waals surface area contributed by atoms with Crippen molar-refractivity contribution in [2.45, 2.75) is 11.8 Å². The van der Waals surface area contributed by atoms with E-state index in [1.165, 1.54) is 11.1 Å². The number of hydrogen-bond acceptors (Lipinski definition) is 2. The third kappa shape index (κ3) is 2.16. The fraction of sp³-hybridized carbons (Fsp3) is 0.0769. The Hall–Kier alpha value is -1.41. The van der Waals surface area contributed by atoms with E-state index in [2.05, 4.69) is 43.8 Å². The van der Waals surface area contributed by atoms with Gasteiger partial charge in [-0.2, -0.15) is 0 Å². The Bertz CT molecular complexity index is 474. The molecule has 1 nitrogen and oxygen atoms in total. The molecule has 76 valence electrons. The van der Waals surface area contributed by atoms with Gasteiger partial charge in [0, 0.05) is 10.6 Å². The van der Waals surface area contributed by atoms with Crippen LogP contribution in [0.3, 0.4) is 0 Å². The van der Waals surface area contributed by atoms with E-state index in [-0.39, 0.29) is 0 Å². The van der Waals surface area contributed by atoms with E-state index in [9.17, 15) is 0 Å². The van der Waals surface area contributed by atoms with Crippen molar-refractivity contribution in [3.63, 3.8) is 0 Å². The lowest BCUT2D eigenvalue weighted by atomic mass is 10.0. The lowest BCUT2D eigenvalue weighted by Gasteiger charge is -2.05. The van der Waals surface area contributed by atoms with Gasteiger partial charge >= 0.3 is 0 Å². The first kappa shape index (κ1) is 10.1. The van der Waals surface area contributed by atoms with Gasteiger partial charge in [-0.1, -0.05) is 35.9 Å². The van der Waals surface area contributed by atoms with Crippen LogP contribution < -0.4 is 5.73 Å². The zero-order chi connectivity index (χ0) is 10.8.